The summed E-state index contributed by atoms with van der Waals surface area (Å²) in [5.74, 6) is -0.0849. The van der Waals surface area contributed by atoms with Crippen molar-refractivity contribution in [3.8, 4) is 10.6 Å². The molecule has 0 bridgehead atoms. The van der Waals surface area contributed by atoms with E-state index < -0.39 is 0 Å². The van der Waals surface area contributed by atoms with Gasteiger partial charge in [0, 0.05) is 34.9 Å². The number of anilines is 1. The molecule has 7 heteroatoms. The van der Waals surface area contributed by atoms with Gasteiger partial charge in [-0.1, -0.05) is 68.4 Å². The molecule has 0 aliphatic heterocycles. The highest BCUT2D eigenvalue weighted by atomic mass is 32.1. The van der Waals surface area contributed by atoms with Crippen LogP contribution < -0.4 is 16.4 Å². The lowest BCUT2D eigenvalue weighted by molar-refractivity contribution is -0.0980. The van der Waals surface area contributed by atoms with Crippen LogP contribution in [-0.2, 0) is 17.8 Å². The fourth-order valence-electron chi connectivity index (χ4n) is 3.77. The number of benzene rings is 3. The Bertz CT molecular complexity index is 1280. The summed E-state index contributed by atoms with van der Waals surface area (Å²) in [5.41, 5.74) is 13.4. The van der Waals surface area contributed by atoms with Crippen molar-refractivity contribution in [1.82, 2.24) is 10.3 Å². The topological polar surface area (TPSA) is 97.1 Å². The highest BCUT2D eigenvalue weighted by Crippen LogP contribution is 2.26. The van der Waals surface area contributed by atoms with Crippen LogP contribution in [0.5, 0.6) is 0 Å². The van der Waals surface area contributed by atoms with Crippen LogP contribution in [0.15, 0.2) is 72.9 Å². The number of rotatable bonds is 9. The number of nitrogens with two attached hydrogens (primary N) is 1. The number of unbranched alkanes of at least 4 members (excludes halogenated alkanes) is 1. The Morgan fingerprint density at radius 1 is 0.902 bits per heavy atom. The third-order valence-electron chi connectivity index (χ3n) is 6.29. The third kappa shape index (κ3) is 12.1. The van der Waals surface area contributed by atoms with E-state index in [4.69, 9.17) is 10.5 Å². The van der Waals surface area contributed by atoms with E-state index in [1.54, 1.807) is 11.3 Å². The average molecular weight is 575 g/mol. The standard InChI is InChI=1S/C23H28N4OS.C8H10.C2H6.CH2O/c1-16-6-9-19(13-21(16)25-2)22(28)26-14-20-15-27-23(29-20)18-10-7-17(8-11-18)5-3-4-12-24;1-7-5-3-4-6-8(7)2;2*1-2/h6-11,13,15,25H,3-5,12,14,24H2,1-2H3,(H,26,28);3-6H,1-2H3;1-2H3;1H2. The number of hydrogen-bond acceptors (Lipinski definition) is 6. The summed E-state index contributed by atoms with van der Waals surface area (Å²) < 4.78 is 0. The van der Waals surface area contributed by atoms with Gasteiger partial charge < -0.3 is 21.2 Å². The van der Waals surface area contributed by atoms with Crippen molar-refractivity contribution in [3.63, 3.8) is 0 Å². The Morgan fingerprint density at radius 2 is 1.54 bits per heavy atom. The average Bonchev–Trinajstić information content (AvgIpc) is 3.50. The minimum absolute atomic E-state index is 0.0849. The number of carbonyl (C=O) groups excluding carboxylic acids is 2. The number of nitrogens with zero attached hydrogens (tertiary/aromatic N) is 1. The summed E-state index contributed by atoms with van der Waals surface area (Å²) in [6.45, 7) is 13.5. The van der Waals surface area contributed by atoms with Crippen molar-refractivity contribution in [2.45, 2.75) is 60.4 Å². The maximum absolute atomic E-state index is 12.5. The number of aromatic nitrogens is 1. The smallest absolute Gasteiger partial charge is 0.251 e. The van der Waals surface area contributed by atoms with Crippen LogP contribution >= 0.6 is 11.3 Å². The second-order valence-electron chi connectivity index (χ2n) is 9.12. The first-order valence-corrected chi connectivity index (χ1v) is 14.8. The molecular formula is C34H46N4O2S. The molecule has 0 radical (unpaired) electrons. The largest absolute Gasteiger partial charge is 0.388 e. The van der Waals surface area contributed by atoms with Crippen LogP contribution in [0.4, 0.5) is 5.69 Å². The number of nitrogens with one attached hydrogen (secondary N) is 2. The minimum atomic E-state index is -0.0849. The van der Waals surface area contributed by atoms with Gasteiger partial charge >= 0.3 is 0 Å². The zero-order chi connectivity index (χ0) is 30.6. The SMILES string of the molecule is C=O.CC.CNc1cc(C(=O)NCc2cnc(-c3ccc(CCCCN)cc3)s2)ccc1C.Cc1ccccc1C. The Hall–Kier alpha value is -3.81. The van der Waals surface area contributed by atoms with Crippen molar-refractivity contribution in [1.29, 1.82) is 0 Å². The molecule has 6 nitrogen and oxygen atoms in total. The predicted molar refractivity (Wildman–Crippen MR) is 176 cm³/mol. The quantitative estimate of drug-likeness (QED) is 0.180. The predicted octanol–water partition coefficient (Wildman–Crippen LogP) is 7.52. The number of aryl methyl sites for hydroxylation is 4. The van der Waals surface area contributed by atoms with Gasteiger partial charge in [-0.2, -0.15) is 0 Å². The molecule has 0 fully saturated rings. The first-order valence-electron chi connectivity index (χ1n) is 14.0. The lowest BCUT2D eigenvalue weighted by atomic mass is 10.1. The van der Waals surface area contributed by atoms with Gasteiger partial charge in [-0.25, -0.2) is 4.98 Å². The molecule has 0 unspecified atom stereocenters. The molecule has 0 aliphatic carbocycles. The normalized spacial score (nSPS) is 9.63. The van der Waals surface area contributed by atoms with Gasteiger partial charge in [-0.05, 0) is 81.0 Å². The molecule has 0 saturated carbocycles. The van der Waals surface area contributed by atoms with E-state index in [0.717, 1.165) is 52.5 Å². The van der Waals surface area contributed by atoms with E-state index in [1.807, 2.05) is 59.0 Å². The van der Waals surface area contributed by atoms with Crippen molar-refractivity contribution in [2.75, 3.05) is 18.9 Å². The zero-order valence-corrected chi connectivity index (χ0v) is 26.2. The van der Waals surface area contributed by atoms with Gasteiger partial charge in [-0.15, -0.1) is 11.3 Å². The van der Waals surface area contributed by atoms with Crippen LogP contribution in [0.25, 0.3) is 10.6 Å². The molecule has 220 valence electrons. The third-order valence-corrected chi connectivity index (χ3v) is 7.34. The number of amides is 1. The Morgan fingerprint density at radius 3 is 2.10 bits per heavy atom. The molecular weight excluding hydrogens is 528 g/mol. The summed E-state index contributed by atoms with van der Waals surface area (Å²) in [6, 6.07) is 22.6. The fourth-order valence-corrected chi connectivity index (χ4v) is 4.63. The van der Waals surface area contributed by atoms with Gasteiger partial charge in [0.2, 0.25) is 0 Å². The maximum Gasteiger partial charge on any atom is 0.251 e. The molecule has 41 heavy (non-hydrogen) atoms. The molecule has 0 atom stereocenters. The molecule has 1 aromatic heterocycles. The van der Waals surface area contributed by atoms with Crippen LogP contribution in [-0.4, -0.2) is 31.3 Å². The first kappa shape index (κ1) is 35.2. The molecule has 1 amide bonds. The van der Waals surface area contributed by atoms with Crippen LogP contribution in [0, 0.1) is 20.8 Å². The second kappa shape index (κ2) is 20.1. The van der Waals surface area contributed by atoms with Crippen molar-refractivity contribution >= 4 is 29.7 Å². The summed E-state index contributed by atoms with van der Waals surface area (Å²) in [6.07, 6.45) is 5.07. The van der Waals surface area contributed by atoms with E-state index in [-0.39, 0.29) is 5.91 Å². The van der Waals surface area contributed by atoms with Crippen LogP contribution in [0.3, 0.4) is 0 Å². The molecule has 4 rings (SSSR count). The lowest BCUT2D eigenvalue weighted by Gasteiger charge is -2.08. The summed E-state index contributed by atoms with van der Waals surface area (Å²) >= 11 is 1.61. The maximum atomic E-state index is 12.5. The van der Waals surface area contributed by atoms with Crippen LogP contribution in [0.1, 0.15) is 64.2 Å². The van der Waals surface area contributed by atoms with E-state index in [9.17, 15) is 4.79 Å². The van der Waals surface area contributed by atoms with E-state index in [2.05, 4.69) is 78.0 Å². The summed E-state index contributed by atoms with van der Waals surface area (Å²) in [5, 5.41) is 7.06. The van der Waals surface area contributed by atoms with Gasteiger partial charge in [0.25, 0.3) is 5.91 Å². The first-order chi connectivity index (χ1) is 19.9. The van der Waals surface area contributed by atoms with Crippen molar-refractivity contribution < 1.29 is 9.59 Å². The van der Waals surface area contributed by atoms with E-state index in [1.165, 1.54) is 16.7 Å². The van der Waals surface area contributed by atoms with Gasteiger partial charge in [0.05, 0.1) is 6.54 Å². The summed E-state index contributed by atoms with van der Waals surface area (Å²) in [7, 11) is 1.86. The molecule has 4 N–H and O–H groups in total. The van der Waals surface area contributed by atoms with E-state index >= 15 is 0 Å². The minimum Gasteiger partial charge on any atom is -0.388 e. The fraction of sp³-hybridized carbons (Fsp3) is 0.324. The highest BCUT2D eigenvalue weighted by Gasteiger charge is 2.10. The van der Waals surface area contributed by atoms with Gasteiger partial charge in [0.1, 0.15) is 11.8 Å². The molecule has 1 heterocycles. The van der Waals surface area contributed by atoms with Gasteiger partial charge in [0.15, 0.2) is 0 Å². The van der Waals surface area contributed by atoms with Gasteiger partial charge in [-0.3, -0.25) is 4.79 Å². The van der Waals surface area contributed by atoms with Crippen molar-refractivity contribution in [3.05, 3.63) is 106 Å². The van der Waals surface area contributed by atoms with Crippen LogP contribution in [0.2, 0.25) is 0 Å². The summed E-state index contributed by atoms with van der Waals surface area (Å²) in [4.78, 5) is 26.0. The molecule has 4 aromatic rings. The Labute approximate surface area is 250 Å². The number of hydrogen-bond donors (Lipinski definition) is 3. The second-order valence-corrected chi connectivity index (χ2v) is 10.2. The number of carbonyl (C=O) groups is 2. The highest BCUT2D eigenvalue weighted by molar-refractivity contribution is 7.15. The zero-order valence-electron chi connectivity index (χ0n) is 25.4. The molecule has 0 spiro atoms. The lowest BCUT2D eigenvalue weighted by Crippen LogP contribution is -2.22. The molecule has 0 aliphatic rings. The molecule has 3 aromatic carbocycles. The number of thiazole rings is 1. The van der Waals surface area contributed by atoms with Crippen molar-refractivity contribution in [2.24, 2.45) is 5.73 Å². The Kier molecular flexibility index (Phi) is 17.3. The Balaban J connectivity index is 0.000000590. The molecule has 0 saturated heterocycles. The monoisotopic (exact) mass is 574 g/mol. The van der Waals surface area contributed by atoms with E-state index in [0.29, 0.717) is 12.1 Å².